The van der Waals surface area contributed by atoms with Crippen molar-refractivity contribution in [1.29, 1.82) is 0 Å². The molecule has 0 aromatic heterocycles. The molecule has 1 saturated heterocycles. The molecule has 2 rings (SSSR count). The molecule has 1 aromatic carbocycles. The maximum atomic E-state index is 12.7. The van der Waals surface area contributed by atoms with E-state index in [1.165, 1.54) is 50.0 Å². The zero-order valence-corrected chi connectivity index (χ0v) is 11.5. The van der Waals surface area contributed by atoms with Crippen LogP contribution in [-0.2, 0) is 6.42 Å². The van der Waals surface area contributed by atoms with Crippen molar-refractivity contribution >= 4 is 0 Å². The van der Waals surface area contributed by atoms with E-state index in [4.69, 9.17) is 0 Å². The van der Waals surface area contributed by atoms with Crippen molar-refractivity contribution in [3.63, 3.8) is 0 Å². The number of rotatable bonds is 7. The molecule has 4 heteroatoms. The first-order chi connectivity index (χ1) is 9.34. The predicted molar refractivity (Wildman–Crippen MR) is 76.4 cm³/mol. The van der Waals surface area contributed by atoms with Crippen LogP contribution in [0.3, 0.4) is 0 Å². The molecular formula is C15H24FN3. The molecule has 3 nitrogen and oxygen atoms in total. The summed E-state index contributed by atoms with van der Waals surface area (Å²) in [6, 6.07) is 6.74. The number of piperidine rings is 1. The van der Waals surface area contributed by atoms with Gasteiger partial charge in [-0.3, -0.25) is 5.43 Å². The molecule has 1 heterocycles. The fourth-order valence-electron chi connectivity index (χ4n) is 2.36. The number of nitrogens with one attached hydrogen (secondary N) is 2. The summed E-state index contributed by atoms with van der Waals surface area (Å²) in [4.78, 5) is 0. The first-order valence-corrected chi connectivity index (χ1v) is 7.28. The summed E-state index contributed by atoms with van der Waals surface area (Å²) in [5.41, 5.74) is 4.63. The number of hydrogen-bond acceptors (Lipinski definition) is 3. The van der Waals surface area contributed by atoms with Gasteiger partial charge in [0.25, 0.3) is 0 Å². The largest absolute Gasteiger partial charge is 0.315 e. The highest BCUT2D eigenvalue weighted by atomic mass is 19.1. The Hall–Kier alpha value is -0.970. The fourth-order valence-corrected chi connectivity index (χ4v) is 2.36. The van der Waals surface area contributed by atoms with Gasteiger partial charge in [-0.2, -0.15) is 0 Å². The molecule has 0 spiro atoms. The zero-order valence-electron chi connectivity index (χ0n) is 11.5. The average Bonchev–Trinajstić information content (AvgIpc) is 2.46. The first kappa shape index (κ1) is 14.4. The first-order valence-electron chi connectivity index (χ1n) is 7.28. The minimum Gasteiger partial charge on any atom is -0.315 e. The smallest absolute Gasteiger partial charge is 0.123 e. The second kappa shape index (κ2) is 8.25. The van der Waals surface area contributed by atoms with Gasteiger partial charge in [-0.1, -0.05) is 18.6 Å². The molecule has 1 aliphatic rings. The van der Waals surface area contributed by atoms with Crippen molar-refractivity contribution < 1.29 is 4.39 Å². The highest BCUT2D eigenvalue weighted by molar-refractivity contribution is 5.16. The van der Waals surface area contributed by atoms with Crippen molar-refractivity contribution in [3.8, 4) is 0 Å². The molecule has 0 bridgehead atoms. The van der Waals surface area contributed by atoms with Crippen LogP contribution in [-0.4, -0.2) is 37.7 Å². The second-order valence-electron chi connectivity index (χ2n) is 5.08. The van der Waals surface area contributed by atoms with Crippen LogP contribution in [0.1, 0.15) is 24.8 Å². The predicted octanol–water partition coefficient (Wildman–Crippen LogP) is 1.95. The van der Waals surface area contributed by atoms with Crippen molar-refractivity contribution in [2.75, 3.05) is 32.7 Å². The van der Waals surface area contributed by atoms with E-state index >= 15 is 0 Å². The highest BCUT2D eigenvalue weighted by Crippen LogP contribution is 2.05. The van der Waals surface area contributed by atoms with Gasteiger partial charge in [0.2, 0.25) is 0 Å². The number of hydrazine groups is 1. The minimum atomic E-state index is -0.164. The molecular weight excluding hydrogens is 241 g/mol. The molecule has 1 aromatic rings. The van der Waals surface area contributed by atoms with Crippen LogP contribution in [0, 0.1) is 5.82 Å². The Morgan fingerprint density at radius 1 is 0.947 bits per heavy atom. The normalized spacial score (nSPS) is 16.7. The van der Waals surface area contributed by atoms with Gasteiger partial charge >= 0.3 is 0 Å². The maximum Gasteiger partial charge on any atom is 0.123 e. The zero-order chi connectivity index (χ0) is 13.3. The Morgan fingerprint density at radius 2 is 1.68 bits per heavy atom. The Bertz CT molecular complexity index is 347. The molecule has 2 N–H and O–H groups in total. The summed E-state index contributed by atoms with van der Waals surface area (Å²) in [5.74, 6) is -0.164. The summed E-state index contributed by atoms with van der Waals surface area (Å²) in [6.07, 6.45) is 4.94. The Balaban J connectivity index is 1.49. The molecule has 0 radical (unpaired) electrons. The van der Waals surface area contributed by atoms with Crippen LogP contribution in [0.2, 0.25) is 0 Å². The second-order valence-corrected chi connectivity index (χ2v) is 5.08. The Labute approximate surface area is 115 Å². The summed E-state index contributed by atoms with van der Waals surface area (Å²) >= 11 is 0. The van der Waals surface area contributed by atoms with Crippen molar-refractivity contribution in [2.45, 2.75) is 25.7 Å². The van der Waals surface area contributed by atoms with Crippen molar-refractivity contribution in [1.82, 2.24) is 15.8 Å². The van der Waals surface area contributed by atoms with Gasteiger partial charge in [-0.25, -0.2) is 9.40 Å². The summed E-state index contributed by atoms with van der Waals surface area (Å²) in [5, 5.41) is 5.73. The quantitative estimate of drug-likeness (QED) is 0.738. The van der Waals surface area contributed by atoms with Crippen molar-refractivity contribution in [3.05, 3.63) is 35.6 Å². The van der Waals surface area contributed by atoms with Gasteiger partial charge in [0.15, 0.2) is 0 Å². The number of nitrogens with zero attached hydrogens (tertiary/aromatic N) is 1. The van der Waals surface area contributed by atoms with Gasteiger partial charge in [-0.05, 0) is 43.5 Å². The van der Waals surface area contributed by atoms with E-state index in [0.29, 0.717) is 0 Å². The molecule has 106 valence electrons. The highest BCUT2D eigenvalue weighted by Gasteiger charge is 2.07. The van der Waals surface area contributed by atoms with Crippen molar-refractivity contribution in [2.24, 2.45) is 0 Å². The molecule has 19 heavy (non-hydrogen) atoms. The number of halogens is 1. The van der Waals surface area contributed by atoms with Gasteiger partial charge in [0.05, 0.1) is 0 Å². The fraction of sp³-hybridized carbons (Fsp3) is 0.600. The van der Waals surface area contributed by atoms with Crippen LogP contribution in [0.5, 0.6) is 0 Å². The van der Waals surface area contributed by atoms with E-state index in [1.54, 1.807) is 0 Å². The lowest BCUT2D eigenvalue weighted by Gasteiger charge is -2.27. The van der Waals surface area contributed by atoms with Crippen LogP contribution in [0.25, 0.3) is 0 Å². The Kier molecular flexibility index (Phi) is 6.27. The number of benzene rings is 1. The van der Waals surface area contributed by atoms with E-state index in [0.717, 1.165) is 26.1 Å². The molecule has 0 aliphatic carbocycles. The van der Waals surface area contributed by atoms with Gasteiger partial charge in [0.1, 0.15) is 5.82 Å². The third kappa shape index (κ3) is 5.68. The third-order valence-corrected chi connectivity index (χ3v) is 3.50. The molecule has 0 atom stereocenters. The van der Waals surface area contributed by atoms with Gasteiger partial charge in [-0.15, -0.1) is 0 Å². The van der Waals surface area contributed by atoms with Gasteiger partial charge in [0, 0.05) is 26.2 Å². The molecule has 0 saturated carbocycles. The minimum absolute atomic E-state index is 0.164. The number of hydrogen-bond donors (Lipinski definition) is 2. The standard InChI is InChI=1S/C15H24FN3/c16-15-6-4-14(5-7-15)8-9-17-10-11-18-19-12-2-1-3-13-19/h4-7,17-18H,1-3,8-13H2. The van der Waals surface area contributed by atoms with E-state index in [1.807, 2.05) is 12.1 Å². The topological polar surface area (TPSA) is 27.3 Å². The van der Waals surface area contributed by atoms with E-state index in [2.05, 4.69) is 15.8 Å². The van der Waals surface area contributed by atoms with Crippen LogP contribution in [0.4, 0.5) is 4.39 Å². The van der Waals surface area contributed by atoms with E-state index in [-0.39, 0.29) is 5.82 Å². The van der Waals surface area contributed by atoms with Crippen LogP contribution < -0.4 is 10.7 Å². The van der Waals surface area contributed by atoms with Gasteiger partial charge < -0.3 is 5.32 Å². The molecule has 0 amide bonds. The van der Waals surface area contributed by atoms with Crippen LogP contribution >= 0.6 is 0 Å². The molecule has 0 unspecified atom stereocenters. The maximum absolute atomic E-state index is 12.7. The summed E-state index contributed by atoms with van der Waals surface area (Å²) in [7, 11) is 0. The average molecular weight is 265 g/mol. The van der Waals surface area contributed by atoms with Crippen LogP contribution in [0.15, 0.2) is 24.3 Å². The SMILES string of the molecule is Fc1ccc(CCNCCNN2CCCCC2)cc1. The lowest BCUT2D eigenvalue weighted by atomic mass is 10.1. The molecule has 1 aliphatic heterocycles. The molecule has 1 fully saturated rings. The van der Waals surface area contributed by atoms with E-state index < -0.39 is 0 Å². The lowest BCUT2D eigenvalue weighted by Crippen LogP contribution is -2.44. The summed E-state index contributed by atoms with van der Waals surface area (Å²) in [6.45, 7) is 5.24. The van der Waals surface area contributed by atoms with E-state index in [9.17, 15) is 4.39 Å². The summed E-state index contributed by atoms with van der Waals surface area (Å²) < 4.78 is 12.7. The monoisotopic (exact) mass is 265 g/mol. The third-order valence-electron chi connectivity index (χ3n) is 3.50. The Morgan fingerprint density at radius 3 is 2.42 bits per heavy atom. The lowest BCUT2D eigenvalue weighted by molar-refractivity contribution is 0.155.